The summed E-state index contributed by atoms with van der Waals surface area (Å²) in [6.45, 7) is 2.45. The maximum absolute atomic E-state index is 12.6. The molecule has 0 radical (unpaired) electrons. The number of aryl methyl sites for hydroxylation is 1. The molecular formula is C20H20N2O2. The van der Waals surface area contributed by atoms with E-state index < -0.39 is 0 Å². The number of amides is 1. The standard InChI is InChI=1S/C20H20N2O2/c1-14-13-17(16-8-4-5-9-18(16)22-14)20(23)21-12-11-15-7-3-6-10-19(15)24-2/h3-10,13H,11-12H2,1-2H3,(H,21,23). The van der Waals surface area contributed by atoms with E-state index in [1.807, 2.05) is 61.5 Å². The van der Waals surface area contributed by atoms with Gasteiger partial charge in [-0.2, -0.15) is 0 Å². The molecule has 1 aromatic heterocycles. The highest BCUT2D eigenvalue weighted by Crippen LogP contribution is 2.19. The summed E-state index contributed by atoms with van der Waals surface area (Å²) in [5.74, 6) is 0.767. The Labute approximate surface area is 141 Å². The van der Waals surface area contributed by atoms with E-state index in [1.54, 1.807) is 7.11 Å². The smallest absolute Gasteiger partial charge is 0.252 e. The molecule has 3 aromatic rings. The SMILES string of the molecule is COc1ccccc1CCNC(=O)c1cc(C)nc2ccccc12. The number of ether oxygens (including phenoxy) is 1. The van der Waals surface area contributed by atoms with Gasteiger partial charge in [0.25, 0.3) is 5.91 Å². The van der Waals surface area contributed by atoms with Gasteiger partial charge in [0.1, 0.15) is 5.75 Å². The summed E-state index contributed by atoms with van der Waals surface area (Å²) < 4.78 is 5.34. The Kier molecular flexibility index (Phi) is 4.75. The van der Waals surface area contributed by atoms with E-state index in [-0.39, 0.29) is 5.91 Å². The molecule has 0 atom stereocenters. The van der Waals surface area contributed by atoms with Crippen molar-refractivity contribution >= 4 is 16.8 Å². The molecule has 2 aromatic carbocycles. The highest BCUT2D eigenvalue weighted by Gasteiger charge is 2.11. The summed E-state index contributed by atoms with van der Waals surface area (Å²) in [4.78, 5) is 17.1. The number of carbonyl (C=O) groups excluding carboxylic acids is 1. The molecule has 24 heavy (non-hydrogen) atoms. The number of methoxy groups -OCH3 is 1. The number of hydrogen-bond acceptors (Lipinski definition) is 3. The molecule has 0 bridgehead atoms. The van der Waals surface area contributed by atoms with Crippen LogP contribution in [0.3, 0.4) is 0 Å². The second kappa shape index (κ2) is 7.13. The molecule has 4 heteroatoms. The van der Waals surface area contributed by atoms with E-state index in [0.717, 1.165) is 34.3 Å². The van der Waals surface area contributed by atoms with E-state index in [0.29, 0.717) is 12.1 Å². The molecule has 1 heterocycles. The van der Waals surface area contributed by atoms with Gasteiger partial charge in [-0.15, -0.1) is 0 Å². The number of aromatic nitrogens is 1. The van der Waals surface area contributed by atoms with Gasteiger partial charge in [0.05, 0.1) is 18.2 Å². The van der Waals surface area contributed by atoms with Gasteiger partial charge in [0.15, 0.2) is 0 Å². The van der Waals surface area contributed by atoms with Gasteiger partial charge in [-0.25, -0.2) is 0 Å². The van der Waals surface area contributed by atoms with E-state index in [1.165, 1.54) is 0 Å². The largest absolute Gasteiger partial charge is 0.496 e. The molecule has 1 amide bonds. The molecule has 0 aliphatic carbocycles. The normalized spacial score (nSPS) is 10.6. The number of pyridine rings is 1. The predicted molar refractivity (Wildman–Crippen MR) is 95.5 cm³/mol. The summed E-state index contributed by atoms with van der Waals surface area (Å²) in [6, 6.07) is 17.4. The number of para-hydroxylation sites is 2. The zero-order valence-electron chi connectivity index (χ0n) is 13.9. The van der Waals surface area contributed by atoms with Crippen LogP contribution in [0.4, 0.5) is 0 Å². The van der Waals surface area contributed by atoms with Crippen LogP contribution in [0.5, 0.6) is 5.75 Å². The quantitative estimate of drug-likeness (QED) is 0.782. The maximum Gasteiger partial charge on any atom is 0.252 e. The summed E-state index contributed by atoms with van der Waals surface area (Å²) in [6.07, 6.45) is 0.720. The Bertz CT molecular complexity index is 874. The first-order valence-electron chi connectivity index (χ1n) is 7.95. The van der Waals surface area contributed by atoms with Crippen molar-refractivity contribution in [3.05, 3.63) is 71.4 Å². The number of carbonyl (C=O) groups is 1. The molecule has 0 aliphatic heterocycles. The van der Waals surface area contributed by atoms with Crippen molar-refractivity contribution in [1.82, 2.24) is 10.3 Å². The van der Waals surface area contributed by atoms with Gasteiger partial charge in [-0.05, 0) is 37.1 Å². The lowest BCUT2D eigenvalue weighted by molar-refractivity contribution is 0.0955. The van der Waals surface area contributed by atoms with E-state index in [2.05, 4.69) is 10.3 Å². The minimum Gasteiger partial charge on any atom is -0.496 e. The van der Waals surface area contributed by atoms with Gasteiger partial charge < -0.3 is 10.1 Å². The van der Waals surface area contributed by atoms with Crippen LogP contribution in [-0.4, -0.2) is 24.5 Å². The summed E-state index contributed by atoms with van der Waals surface area (Å²) in [5, 5.41) is 3.87. The van der Waals surface area contributed by atoms with E-state index in [9.17, 15) is 4.79 Å². The van der Waals surface area contributed by atoms with Gasteiger partial charge in [0, 0.05) is 17.6 Å². The first-order chi connectivity index (χ1) is 11.7. The highest BCUT2D eigenvalue weighted by molar-refractivity contribution is 6.06. The van der Waals surface area contributed by atoms with Crippen LogP contribution >= 0.6 is 0 Å². The number of fused-ring (bicyclic) bond motifs is 1. The van der Waals surface area contributed by atoms with Crippen molar-refractivity contribution in [1.29, 1.82) is 0 Å². The van der Waals surface area contributed by atoms with Crippen molar-refractivity contribution in [2.75, 3.05) is 13.7 Å². The second-order valence-electron chi connectivity index (χ2n) is 5.65. The number of nitrogens with zero attached hydrogens (tertiary/aromatic N) is 1. The molecule has 3 rings (SSSR count). The lowest BCUT2D eigenvalue weighted by Crippen LogP contribution is -2.26. The zero-order chi connectivity index (χ0) is 16.9. The lowest BCUT2D eigenvalue weighted by Gasteiger charge is -2.11. The molecule has 0 saturated carbocycles. The van der Waals surface area contributed by atoms with Crippen LogP contribution in [-0.2, 0) is 6.42 Å². The third-order valence-electron chi connectivity index (χ3n) is 3.96. The molecular weight excluding hydrogens is 300 g/mol. The average Bonchev–Trinajstić information content (AvgIpc) is 2.61. The van der Waals surface area contributed by atoms with Crippen molar-refractivity contribution in [2.24, 2.45) is 0 Å². The Morgan fingerprint density at radius 3 is 2.71 bits per heavy atom. The fourth-order valence-corrected chi connectivity index (χ4v) is 2.81. The van der Waals surface area contributed by atoms with Crippen molar-refractivity contribution in [3.8, 4) is 5.75 Å². The summed E-state index contributed by atoms with van der Waals surface area (Å²) in [5.41, 5.74) is 3.42. The van der Waals surface area contributed by atoms with Crippen molar-refractivity contribution in [3.63, 3.8) is 0 Å². The topological polar surface area (TPSA) is 51.2 Å². The van der Waals surface area contributed by atoms with Crippen LogP contribution < -0.4 is 10.1 Å². The van der Waals surface area contributed by atoms with Gasteiger partial charge in [-0.1, -0.05) is 36.4 Å². The second-order valence-corrected chi connectivity index (χ2v) is 5.65. The monoisotopic (exact) mass is 320 g/mol. The molecule has 0 saturated heterocycles. The first-order valence-corrected chi connectivity index (χ1v) is 7.95. The Hall–Kier alpha value is -2.88. The Balaban J connectivity index is 1.74. The third kappa shape index (κ3) is 3.38. The number of hydrogen-bond donors (Lipinski definition) is 1. The minimum atomic E-state index is -0.0772. The predicted octanol–water partition coefficient (Wildman–Crippen LogP) is 3.52. The van der Waals surface area contributed by atoms with Gasteiger partial charge in [0.2, 0.25) is 0 Å². The fourth-order valence-electron chi connectivity index (χ4n) is 2.81. The van der Waals surface area contributed by atoms with E-state index in [4.69, 9.17) is 4.74 Å². The van der Waals surface area contributed by atoms with Crippen LogP contribution in [0.1, 0.15) is 21.6 Å². The fraction of sp³-hybridized carbons (Fsp3) is 0.200. The molecule has 4 nitrogen and oxygen atoms in total. The minimum absolute atomic E-state index is 0.0772. The van der Waals surface area contributed by atoms with E-state index >= 15 is 0 Å². The molecule has 0 aliphatic rings. The Morgan fingerprint density at radius 1 is 1.12 bits per heavy atom. The van der Waals surface area contributed by atoms with Crippen LogP contribution in [0, 0.1) is 6.92 Å². The maximum atomic E-state index is 12.6. The number of benzene rings is 2. The Morgan fingerprint density at radius 2 is 1.88 bits per heavy atom. The molecule has 0 spiro atoms. The molecule has 1 N–H and O–H groups in total. The van der Waals surface area contributed by atoms with Gasteiger partial charge in [-0.3, -0.25) is 9.78 Å². The number of rotatable bonds is 5. The lowest BCUT2D eigenvalue weighted by atomic mass is 10.1. The van der Waals surface area contributed by atoms with Gasteiger partial charge >= 0.3 is 0 Å². The van der Waals surface area contributed by atoms with Crippen molar-refractivity contribution < 1.29 is 9.53 Å². The molecule has 0 unspecified atom stereocenters. The zero-order valence-corrected chi connectivity index (χ0v) is 13.9. The average molecular weight is 320 g/mol. The van der Waals surface area contributed by atoms with Crippen molar-refractivity contribution in [2.45, 2.75) is 13.3 Å². The third-order valence-corrected chi connectivity index (χ3v) is 3.96. The first kappa shape index (κ1) is 16.0. The van der Waals surface area contributed by atoms with Crippen LogP contribution in [0.2, 0.25) is 0 Å². The van der Waals surface area contributed by atoms with Crippen LogP contribution in [0.25, 0.3) is 10.9 Å². The number of nitrogens with one attached hydrogen (secondary N) is 1. The van der Waals surface area contributed by atoms with Crippen LogP contribution in [0.15, 0.2) is 54.6 Å². The summed E-state index contributed by atoms with van der Waals surface area (Å²) in [7, 11) is 1.66. The summed E-state index contributed by atoms with van der Waals surface area (Å²) >= 11 is 0. The molecule has 122 valence electrons. The highest BCUT2D eigenvalue weighted by atomic mass is 16.5. The molecule has 0 fully saturated rings.